The van der Waals surface area contributed by atoms with E-state index in [4.69, 9.17) is 4.74 Å². The minimum Gasteiger partial charge on any atom is -0.388 e. The normalized spacial score (nSPS) is 24.3. The van der Waals surface area contributed by atoms with Gasteiger partial charge in [-0.05, 0) is 37.9 Å². The summed E-state index contributed by atoms with van der Waals surface area (Å²) >= 11 is 0. The van der Waals surface area contributed by atoms with Gasteiger partial charge >= 0.3 is 0 Å². The summed E-state index contributed by atoms with van der Waals surface area (Å²) in [5.74, 6) is -0.0475. The van der Waals surface area contributed by atoms with Crippen LogP contribution < -0.4 is 5.32 Å². The minimum atomic E-state index is -0.929. The molecule has 2 aliphatic rings. The van der Waals surface area contributed by atoms with Crippen molar-refractivity contribution in [3.8, 4) is 0 Å². The van der Waals surface area contributed by atoms with E-state index in [1.54, 1.807) is 12.1 Å². The molecule has 2 heterocycles. The Morgan fingerprint density at radius 3 is 2.56 bits per heavy atom. The van der Waals surface area contributed by atoms with Crippen LogP contribution in [0.2, 0.25) is 0 Å². The van der Waals surface area contributed by atoms with Gasteiger partial charge in [0.2, 0.25) is 5.91 Å². The van der Waals surface area contributed by atoms with Crippen LogP contribution in [0.3, 0.4) is 0 Å². The van der Waals surface area contributed by atoms with Crippen LogP contribution in [0.5, 0.6) is 0 Å². The van der Waals surface area contributed by atoms with Crippen molar-refractivity contribution in [3.05, 3.63) is 35.9 Å². The summed E-state index contributed by atoms with van der Waals surface area (Å²) in [7, 11) is 0. The Labute approximate surface area is 160 Å². The number of hydrogen-bond donors (Lipinski definition) is 2. The van der Waals surface area contributed by atoms with Crippen LogP contribution in [0.25, 0.3) is 0 Å². The van der Waals surface area contributed by atoms with Crippen LogP contribution >= 0.6 is 0 Å². The highest BCUT2D eigenvalue weighted by atomic mass is 16.5. The smallest absolute Gasteiger partial charge is 0.251 e. The molecule has 0 bridgehead atoms. The second-order valence-electron chi connectivity index (χ2n) is 7.40. The van der Waals surface area contributed by atoms with Crippen molar-refractivity contribution in [3.63, 3.8) is 0 Å². The van der Waals surface area contributed by atoms with Gasteiger partial charge in [0.1, 0.15) is 0 Å². The summed E-state index contributed by atoms with van der Waals surface area (Å²) in [5.41, 5.74) is -0.339. The van der Waals surface area contributed by atoms with Crippen molar-refractivity contribution < 1.29 is 19.4 Å². The summed E-state index contributed by atoms with van der Waals surface area (Å²) in [6, 6.07) is 9.01. The minimum absolute atomic E-state index is 0.126. The number of nitrogens with one attached hydrogen (secondary N) is 1. The van der Waals surface area contributed by atoms with Crippen LogP contribution in [0.4, 0.5) is 0 Å². The topological polar surface area (TPSA) is 82.1 Å². The molecule has 1 atom stereocenters. The molecule has 0 aromatic heterocycles. The number of carbonyl (C=O) groups excluding carboxylic acids is 2. The van der Waals surface area contributed by atoms with Gasteiger partial charge in [-0.2, -0.15) is 0 Å². The number of hydrogen-bond acceptors (Lipinski definition) is 5. The van der Waals surface area contributed by atoms with Crippen molar-refractivity contribution in [2.45, 2.75) is 24.9 Å². The molecule has 2 N–H and O–H groups in total. The number of nitrogens with zero attached hydrogens (tertiary/aromatic N) is 2. The summed E-state index contributed by atoms with van der Waals surface area (Å²) in [5, 5.41) is 13.7. The lowest BCUT2D eigenvalue weighted by Gasteiger charge is -2.30. The third-order valence-corrected chi connectivity index (χ3v) is 5.35. The third-order valence-electron chi connectivity index (χ3n) is 5.35. The molecule has 7 heteroatoms. The first kappa shape index (κ1) is 19.8. The summed E-state index contributed by atoms with van der Waals surface area (Å²) in [4.78, 5) is 28.6. The first-order valence-corrected chi connectivity index (χ1v) is 9.69. The fraction of sp³-hybridized carbons (Fsp3) is 0.600. The van der Waals surface area contributed by atoms with Crippen LogP contribution in [-0.2, 0) is 9.53 Å². The maximum atomic E-state index is 12.4. The van der Waals surface area contributed by atoms with Crippen molar-refractivity contribution >= 4 is 11.8 Å². The molecule has 3 rings (SSSR count). The van der Waals surface area contributed by atoms with Crippen molar-refractivity contribution in [2.75, 3.05) is 52.5 Å². The fourth-order valence-electron chi connectivity index (χ4n) is 3.61. The van der Waals surface area contributed by atoms with E-state index in [2.05, 4.69) is 10.2 Å². The van der Waals surface area contributed by atoms with E-state index in [0.717, 1.165) is 13.0 Å². The highest BCUT2D eigenvalue weighted by Gasteiger charge is 2.31. The van der Waals surface area contributed by atoms with Gasteiger partial charge in [0.05, 0.1) is 25.4 Å². The van der Waals surface area contributed by atoms with Crippen molar-refractivity contribution in [2.24, 2.45) is 0 Å². The quantitative estimate of drug-likeness (QED) is 0.783. The molecule has 148 valence electrons. The van der Waals surface area contributed by atoms with E-state index in [-0.39, 0.29) is 18.4 Å². The lowest BCUT2D eigenvalue weighted by atomic mass is 9.95. The zero-order chi connectivity index (χ0) is 19.1. The van der Waals surface area contributed by atoms with Gasteiger partial charge in [-0.3, -0.25) is 14.5 Å². The van der Waals surface area contributed by atoms with Crippen LogP contribution in [0.15, 0.2) is 30.3 Å². The SMILES string of the molecule is O=C(NCC1(O)CCCN(CC(=O)N2CCOCC2)CC1)c1ccccc1. The summed E-state index contributed by atoms with van der Waals surface area (Å²) in [6.45, 7) is 4.56. The first-order valence-electron chi connectivity index (χ1n) is 9.69. The number of amides is 2. The Hall–Kier alpha value is -1.96. The maximum absolute atomic E-state index is 12.4. The standard InChI is InChI=1S/C20H29N3O4/c24-18(23-11-13-27-14-12-23)15-22-9-4-7-20(26,8-10-22)16-21-19(25)17-5-2-1-3-6-17/h1-3,5-6,26H,4,7-16H2,(H,21,25). The lowest BCUT2D eigenvalue weighted by molar-refractivity contribution is -0.136. The van der Waals surface area contributed by atoms with Gasteiger partial charge in [-0.1, -0.05) is 18.2 Å². The highest BCUT2D eigenvalue weighted by molar-refractivity contribution is 5.94. The third kappa shape index (κ3) is 5.76. The Bertz CT molecular complexity index is 633. The monoisotopic (exact) mass is 375 g/mol. The Balaban J connectivity index is 1.46. The second kappa shape index (κ2) is 9.30. The van der Waals surface area contributed by atoms with E-state index in [1.165, 1.54) is 0 Å². The van der Waals surface area contributed by atoms with E-state index in [1.807, 2.05) is 23.1 Å². The molecule has 27 heavy (non-hydrogen) atoms. The van der Waals surface area contributed by atoms with Gasteiger partial charge in [0.25, 0.3) is 5.91 Å². The maximum Gasteiger partial charge on any atom is 0.251 e. The predicted octanol–water partition coefficient (Wildman–Crippen LogP) is 0.492. The molecule has 2 saturated heterocycles. The lowest BCUT2D eigenvalue weighted by Crippen LogP contribution is -2.46. The summed E-state index contributed by atoms with van der Waals surface area (Å²) < 4.78 is 5.29. The van der Waals surface area contributed by atoms with Gasteiger partial charge in [-0.25, -0.2) is 0 Å². The molecule has 2 fully saturated rings. The molecule has 2 amide bonds. The van der Waals surface area contributed by atoms with Gasteiger partial charge in [0.15, 0.2) is 0 Å². The molecule has 2 aliphatic heterocycles. The Kier molecular flexibility index (Phi) is 6.82. The number of morpholine rings is 1. The van der Waals surface area contributed by atoms with Crippen molar-refractivity contribution in [1.29, 1.82) is 0 Å². The number of ether oxygens (including phenoxy) is 1. The molecule has 0 radical (unpaired) electrons. The molecular weight excluding hydrogens is 346 g/mol. The number of benzene rings is 1. The van der Waals surface area contributed by atoms with Crippen LogP contribution in [0, 0.1) is 0 Å². The number of aliphatic hydroxyl groups is 1. The molecule has 7 nitrogen and oxygen atoms in total. The number of likely N-dealkylation sites (tertiary alicyclic amines) is 1. The zero-order valence-corrected chi connectivity index (χ0v) is 15.7. The Morgan fingerprint density at radius 1 is 1.07 bits per heavy atom. The van der Waals surface area contributed by atoms with Gasteiger partial charge < -0.3 is 20.1 Å². The molecule has 0 aliphatic carbocycles. The largest absolute Gasteiger partial charge is 0.388 e. The predicted molar refractivity (Wildman–Crippen MR) is 101 cm³/mol. The van der Waals surface area contributed by atoms with Gasteiger partial charge in [-0.15, -0.1) is 0 Å². The Morgan fingerprint density at radius 2 is 1.81 bits per heavy atom. The van der Waals surface area contributed by atoms with E-state index in [9.17, 15) is 14.7 Å². The molecule has 1 aromatic carbocycles. The average molecular weight is 375 g/mol. The van der Waals surface area contributed by atoms with E-state index < -0.39 is 5.60 Å². The van der Waals surface area contributed by atoms with Crippen LogP contribution in [0.1, 0.15) is 29.6 Å². The zero-order valence-electron chi connectivity index (χ0n) is 15.7. The average Bonchev–Trinajstić information content (AvgIpc) is 2.89. The molecule has 0 saturated carbocycles. The second-order valence-corrected chi connectivity index (χ2v) is 7.40. The number of carbonyl (C=O) groups is 2. The highest BCUT2D eigenvalue weighted by Crippen LogP contribution is 2.22. The van der Waals surface area contributed by atoms with Crippen molar-refractivity contribution in [1.82, 2.24) is 15.1 Å². The number of rotatable bonds is 5. The molecule has 0 spiro atoms. The summed E-state index contributed by atoms with van der Waals surface area (Å²) in [6.07, 6.45) is 1.96. The van der Waals surface area contributed by atoms with Crippen LogP contribution in [-0.4, -0.2) is 84.8 Å². The fourth-order valence-corrected chi connectivity index (χ4v) is 3.61. The molecule has 1 unspecified atom stereocenters. The first-order chi connectivity index (χ1) is 13.1. The van der Waals surface area contributed by atoms with Gasteiger partial charge in [0, 0.05) is 31.7 Å². The van der Waals surface area contributed by atoms with E-state index in [0.29, 0.717) is 57.8 Å². The van der Waals surface area contributed by atoms with E-state index >= 15 is 0 Å². The molecular formula is C20H29N3O4. The molecule has 1 aromatic rings.